The van der Waals surface area contributed by atoms with Gasteiger partial charge in [0.2, 0.25) is 0 Å². The summed E-state index contributed by atoms with van der Waals surface area (Å²) in [4.78, 5) is 2.18. The van der Waals surface area contributed by atoms with Gasteiger partial charge >= 0.3 is 0 Å². The molecule has 0 amide bonds. The molecule has 0 aromatic heterocycles. The molecule has 2 rings (SSSR count). The number of rotatable bonds is 8. The summed E-state index contributed by atoms with van der Waals surface area (Å²) < 4.78 is 12.2. The molecule has 0 aliphatic heterocycles. The van der Waals surface area contributed by atoms with Gasteiger partial charge in [-0.25, -0.2) is 0 Å². The van der Waals surface area contributed by atoms with Gasteiger partial charge in [-0.3, -0.25) is 0 Å². The van der Waals surface area contributed by atoms with E-state index in [2.05, 4.69) is 43.3 Å². The Labute approximate surface area is 139 Å². The highest BCUT2D eigenvalue weighted by molar-refractivity contribution is 5.40. The fourth-order valence-electron chi connectivity index (χ4n) is 2.39. The normalized spacial score (nSPS) is 12.4. The van der Waals surface area contributed by atoms with Crippen LogP contribution in [0.2, 0.25) is 0 Å². The molecule has 0 aliphatic rings. The highest BCUT2D eigenvalue weighted by Crippen LogP contribution is 2.33. The number of nitrogens with zero attached hydrogens (tertiary/aromatic N) is 1. The van der Waals surface area contributed by atoms with E-state index in [0.717, 1.165) is 24.5 Å². The van der Waals surface area contributed by atoms with Gasteiger partial charge in [0.25, 0.3) is 0 Å². The molecule has 0 saturated heterocycles. The highest BCUT2D eigenvalue weighted by Gasteiger charge is 2.16. The fourth-order valence-corrected chi connectivity index (χ4v) is 2.39. The van der Waals surface area contributed by atoms with Gasteiger partial charge in [-0.15, -0.1) is 0 Å². The summed E-state index contributed by atoms with van der Waals surface area (Å²) in [5, 5.41) is 0. The summed E-state index contributed by atoms with van der Waals surface area (Å²) in [5.41, 5.74) is 1.19. The van der Waals surface area contributed by atoms with Crippen LogP contribution in [0.5, 0.6) is 11.5 Å². The van der Waals surface area contributed by atoms with Crippen LogP contribution in [-0.2, 0) is 0 Å². The predicted molar refractivity (Wildman–Crippen MR) is 95.2 cm³/mol. The van der Waals surface area contributed by atoms with Crippen molar-refractivity contribution in [1.29, 1.82) is 0 Å². The van der Waals surface area contributed by atoms with Crippen molar-refractivity contribution in [3.63, 3.8) is 0 Å². The van der Waals surface area contributed by atoms with Crippen LogP contribution >= 0.6 is 0 Å². The van der Waals surface area contributed by atoms with E-state index in [4.69, 9.17) is 9.47 Å². The summed E-state index contributed by atoms with van der Waals surface area (Å²) in [5.74, 6) is 1.60. The second kappa shape index (κ2) is 8.59. The quantitative estimate of drug-likeness (QED) is 0.714. The minimum atomic E-state index is 0.00973. The van der Waals surface area contributed by atoms with Crippen LogP contribution in [0.1, 0.15) is 31.9 Å². The highest BCUT2D eigenvalue weighted by atomic mass is 16.5. The van der Waals surface area contributed by atoms with Crippen molar-refractivity contribution >= 4 is 0 Å². The first kappa shape index (κ1) is 17.4. The SMILES string of the molecule is CC(C)Oc1ccccc1OC(CCN(C)C)c1ccccc1. The maximum atomic E-state index is 6.33. The molecule has 0 heterocycles. The first-order valence-electron chi connectivity index (χ1n) is 8.18. The average Bonchev–Trinajstić information content (AvgIpc) is 2.53. The molecular formula is C20H27NO2. The third kappa shape index (κ3) is 5.61. The van der Waals surface area contributed by atoms with Gasteiger partial charge in [0, 0.05) is 13.0 Å². The predicted octanol–water partition coefficient (Wildman–Crippen LogP) is 4.55. The lowest BCUT2D eigenvalue weighted by atomic mass is 10.1. The largest absolute Gasteiger partial charge is 0.487 e. The third-order valence-corrected chi connectivity index (χ3v) is 3.49. The Kier molecular flexibility index (Phi) is 6.48. The van der Waals surface area contributed by atoms with Crippen LogP contribution in [0.15, 0.2) is 54.6 Å². The zero-order chi connectivity index (χ0) is 16.7. The van der Waals surface area contributed by atoms with Crippen molar-refractivity contribution in [3.8, 4) is 11.5 Å². The van der Waals surface area contributed by atoms with E-state index in [-0.39, 0.29) is 12.2 Å². The lowest BCUT2D eigenvalue weighted by Crippen LogP contribution is -2.19. The molecule has 3 heteroatoms. The number of hydrogen-bond acceptors (Lipinski definition) is 3. The van der Waals surface area contributed by atoms with Gasteiger partial charge in [0.15, 0.2) is 11.5 Å². The van der Waals surface area contributed by atoms with Gasteiger partial charge in [-0.1, -0.05) is 42.5 Å². The van der Waals surface area contributed by atoms with Gasteiger partial charge in [-0.2, -0.15) is 0 Å². The zero-order valence-corrected chi connectivity index (χ0v) is 14.5. The minimum absolute atomic E-state index is 0.00973. The van der Waals surface area contributed by atoms with Crippen LogP contribution in [0, 0.1) is 0 Å². The zero-order valence-electron chi connectivity index (χ0n) is 14.5. The summed E-state index contributed by atoms with van der Waals surface area (Å²) in [7, 11) is 4.16. The molecule has 124 valence electrons. The fraction of sp³-hybridized carbons (Fsp3) is 0.400. The van der Waals surface area contributed by atoms with Crippen molar-refractivity contribution < 1.29 is 9.47 Å². The number of ether oxygens (including phenoxy) is 2. The van der Waals surface area contributed by atoms with Crippen molar-refractivity contribution in [2.24, 2.45) is 0 Å². The lowest BCUT2D eigenvalue weighted by molar-refractivity contribution is 0.161. The molecular weight excluding hydrogens is 286 g/mol. The minimum Gasteiger partial charge on any atom is -0.487 e. The molecule has 0 saturated carbocycles. The van der Waals surface area contributed by atoms with E-state index < -0.39 is 0 Å². The van der Waals surface area contributed by atoms with Gasteiger partial charge < -0.3 is 14.4 Å². The standard InChI is InChI=1S/C20H27NO2/c1-16(2)22-19-12-8-9-13-20(19)23-18(14-15-21(3)4)17-10-6-5-7-11-17/h5-13,16,18H,14-15H2,1-4H3. The van der Waals surface area contributed by atoms with Crippen molar-refractivity contribution in [1.82, 2.24) is 4.90 Å². The maximum absolute atomic E-state index is 6.33. The molecule has 23 heavy (non-hydrogen) atoms. The smallest absolute Gasteiger partial charge is 0.162 e. The van der Waals surface area contributed by atoms with Gasteiger partial charge in [0.05, 0.1) is 6.10 Å². The van der Waals surface area contributed by atoms with Crippen LogP contribution in [-0.4, -0.2) is 31.6 Å². The first-order chi connectivity index (χ1) is 11.1. The van der Waals surface area contributed by atoms with E-state index in [1.54, 1.807) is 0 Å². The van der Waals surface area contributed by atoms with Crippen LogP contribution in [0.3, 0.4) is 0 Å². The van der Waals surface area contributed by atoms with Gasteiger partial charge in [0.1, 0.15) is 6.10 Å². The summed E-state index contributed by atoms with van der Waals surface area (Å²) >= 11 is 0. The molecule has 0 aliphatic carbocycles. The van der Waals surface area contributed by atoms with E-state index in [9.17, 15) is 0 Å². The molecule has 1 unspecified atom stereocenters. The molecule has 2 aromatic rings. The topological polar surface area (TPSA) is 21.7 Å². The number of para-hydroxylation sites is 2. The first-order valence-corrected chi connectivity index (χ1v) is 8.18. The summed E-state index contributed by atoms with van der Waals surface area (Å²) in [6.07, 6.45) is 1.06. The molecule has 3 nitrogen and oxygen atoms in total. The Balaban J connectivity index is 2.20. The number of benzene rings is 2. The second-order valence-corrected chi connectivity index (χ2v) is 6.22. The molecule has 0 spiro atoms. The molecule has 0 bridgehead atoms. The Morgan fingerprint density at radius 3 is 1.96 bits per heavy atom. The Morgan fingerprint density at radius 2 is 1.39 bits per heavy atom. The van der Waals surface area contributed by atoms with Gasteiger partial charge in [-0.05, 0) is 45.6 Å². The van der Waals surface area contributed by atoms with Crippen molar-refractivity contribution in [2.75, 3.05) is 20.6 Å². The van der Waals surface area contributed by atoms with E-state index in [1.165, 1.54) is 5.56 Å². The molecule has 0 fully saturated rings. The Bertz CT molecular complexity index is 581. The second-order valence-electron chi connectivity index (χ2n) is 6.22. The van der Waals surface area contributed by atoms with E-state index in [1.807, 2.05) is 44.2 Å². The summed E-state index contributed by atoms with van der Waals surface area (Å²) in [6, 6.07) is 18.3. The molecule has 1 atom stereocenters. The van der Waals surface area contributed by atoms with Crippen LogP contribution in [0.25, 0.3) is 0 Å². The summed E-state index contributed by atoms with van der Waals surface area (Å²) in [6.45, 7) is 5.02. The molecule has 0 N–H and O–H groups in total. The van der Waals surface area contributed by atoms with Crippen LogP contribution in [0.4, 0.5) is 0 Å². The van der Waals surface area contributed by atoms with Crippen LogP contribution < -0.4 is 9.47 Å². The van der Waals surface area contributed by atoms with Crippen molar-refractivity contribution in [2.45, 2.75) is 32.5 Å². The van der Waals surface area contributed by atoms with E-state index >= 15 is 0 Å². The van der Waals surface area contributed by atoms with E-state index in [0.29, 0.717) is 0 Å². The Hall–Kier alpha value is -2.00. The molecule has 0 radical (unpaired) electrons. The monoisotopic (exact) mass is 313 g/mol. The molecule has 2 aromatic carbocycles. The third-order valence-electron chi connectivity index (χ3n) is 3.49. The Morgan fingerprint density at radius 1 is 0.826 bits per heavy atom. The lowest BCUT2D eigenvalue weighted by Gasteiger charge is -2.23. The number of hydrogen-bond donors (Lipinski definition) is 0. The van der Waals surface area contributed by atoms with Crippen molar-refractivity contribution in [3.05, 3.63) is 60.2 Å². The maximum Gasteiger partial charge on any atom is 0.162 e. The average molecular weight is 313 g/mol.